The Kier molecular flexibility index (Phi) is 3.57. The van der Waals surface area contributed by atoms with E-state index in [1.165, 1.54) is 4.90 Å². The first-order chi connectivity index (χ1) is 10.1. The summed E-state index contributed by atoms with van der Waals surface area (Å²) in [6.45, 7) is 0.817. The van der Waals surface area contributed by atoms with Gasteiger partial charge in [-0.05, 0) is 6.07 Å². The summed E-state index contributed by atoms with van der Waals surface area (Å²) in [5.74, 6) is -1.20. The van der Waals surface area contributed by atoms with E-state index in [0.29, 0.717) is 6.54 Å². The molecule has 0 bridgehead atoms. The molecule has 1 aliphatic rings. The van der Waals surface area contributed by atoms with Crippen LogP contribution in [0.15, 0.2) is 30.5 Å². The Morgan fingerprint density at radius 3 is 3.00 bits per heavy atom. The number of carboxylic acids is 1. The van der Waals surface area contributed by atoms with Crippen LogP contribution >= 0.6 is 0 Å². The van der Waals surface area contributed by atoms with Crippen molar-refractivity contribution in [2.45, 2.75) is 12.6 Å². The van der Waals surface area contributed by atoms with Crippen molar-refractivity contribution in [3.63, 3.8) is 0 Å². The second kappa shape index (κ2) is 5.53. The number of benzene rings is 1. The number of hydrogen-bond donors (Lipinski definition) is 1. The van der Waals surface area contributed by atoms with Gasteiger partial charge in [0.05, 0.1) is 24.9 Å². The van der Waals surface area contributed by atoms with E-state index in [1.54, 1.807) is 10.9 Å². The molecule has 3 rings (SSSR count). The third-order valence-corrected chi connectivity index (χ3v) is 3.53. The molecule has 110 valence electrons. The average molecular weight is 289 g/mol. The number of aliphatic carboxylic acids is 1. The minimum absolute atomic E-state index is 0.0768. The van der Waals surface area contributed by atoms with Crippen LogP contribution in [0.5, 0.6) is 0 Å². The predicted octanol–water partition coefficient (Wildman–Crippen LogP) is 0.348. The number of carbonyl (C=O) groups excluding carboxylic acids is 1. The van der Waals surface area contributed by atoms with Gasteiger partial charge in [0.2, 0.25) is 5.91 Å². The van der Waals surface area contributed by atoms with E-state index in [-0.39, 0.29) is 25.6 Å². The van der Waals surface area contributed by atoms with Gasteiger partial charge in [-0.2, -0.15) is 5.10 Å². The monoisotopic (exact) mass is 289 g/mol. The van der Waals surface area contributed by atoms with Gasteiger partial charge in [-0.15, -0.1) is 0 Å². The van der Waals surface area contributed by atoms with Gasteiger partial charge >= 0.3 is 5.97 Å². The van der Waals surface area contributed by atoms with Crippen LogP contribution in [0.1, 0.15) is 0 Å². The molecule has 21 heavy (non-hydrogen) atoms. The quantitative estimate of drug-likeness (QED) is 0.881. The highest BCUT2D eigenvalue weighted by Gasteiger charge is 2.29. The van der Waals surface area contributed by atoms with Crippen molar-refractivity contribution in [1.82, 2.24) is 14.7 Å². The third kappa shape index (κ3) is 2.73. The van der Waals surface area contributed by atoms with Crippen LogP contribution in [0.4, 0.5) is 0 Å². The highest BCUT2D eigenvalue weighted by molar-refractivity contribution is 5.82. The highest BCUT2D eigenvalue weighted by Crippen LogP contribution is 2.13. The van der Waals surface area contributed by atoms with Gasteiger partial charge in [-0.3, -0.25) is 9.48 Å². The molecular weight excluding hydrogens is 274 g/mol. The Balaban J connectivity index is 1.72. The molecular formula is C14H15N3O4. The van der Waals surface area contributed by atoms with Crippen molar-refractivity contribution in [1.29, 1.82) is 0 Å². The van der Waals surface area contributed by atoms with Crippen molar-refractivity contribution >= 4 is 22.8 Å². The number of ether oxygens (including phenoxy) is 1. The first-order valence-corrected chi connectivity index (χ1v) is 6.68. The Hall–Kier alpha value is -2.41. The molecule has 7 heteroatoms. The van der Waals surface area contributed by atoms with E-state index in [4.69, 9.17) is 9.84 Å². The maximum atomic E-state index is 12.3. The SMILES string of the molecule is O=C(O)C1CN(C(=O)Cn2ncc3ccccc32)CCO1. The normalized spacial score (nSPS) is 18.9. The van der Waals surface area contributed by atoms with Crippen LogP contribution in [-0.2, 0) is 20.9 Å². The lowest BCUT2D eigenvalue weighted by Gasteiger charge is -2.30. The number of nitrogens with zero attached hydrogens (tertiary/aromatic N) is 3. The summed E-state index contributed by atoms with van der Waals surface area (Å²) in [5.41, 5.74) is 0.883. The second-order valence-electron chi connectivity index (χ2n) is 4.90. The third-order valence-electron chi connectivity index (χ3n) is 3.53. The van der Waals surface area contributed by atoms with Gasteiger partial charge in [0.1, 0.15) is 6.54 Å². The molecule has 1 aliphatic heterocycles. The second-order valence-corrected chi connectivity index (χ2v) is 4.90. The first-order valence-electron chi connectivity index (χ1n) is 6.68. The van der Waals surface area contributed by atoms with Crippen molar-refractivity contribution in [3.05, 3.63) is 30.5 Å². The van der Waals surface area contributed by atoms with E-state index in [2.05, 4.69) is 5.10 Å². The number of aromatic nitrogens is 2. The Morgan fingerprint density at radius 1 is 1.38 bits per heavy atom. The van der Waals surface area contributed by atoms with Gasteiger partial charge in [-0.1, -0.05) is 18.2 Å². The van der Waals surface area contributed by atoms with Gasteiger partial charge in [0, 0.05) is 11.9 Å². The van der Waals surface area contributed by atoms with Gasteiger partial charge in [0.25, 0.3) is 0 Å². The molecule has 0 saturated carbocycles. The molecule has 2 heterocycles. The number of para-hydroxylation sites is 1. The van der Waals surface area contributed by atoms with Gasteiger partial charge < -0.3 is 14.7 Å². The number of carboxylic acid groups (broad SMARTS) is 1. The zero-order chi connectivity index (χ0) is 14.8. The summed E-state index contributed by atoms with van der Waals surface area (Å²) < 4.78 is 6.74. The van der Waals surface area contributed by atoms with Crippen LogP contribution in [0.2, 0.25) is 0 Å². The Morgan fingerprint density at radius 2 is 2.19 bits per heavy atom. The fourth-order valence-corrected chi connectivity index (χ4v) is 2.41. The molecule has 1 atom stereocenters. The van der Waals surface area contributed by atoms with E-state index >= 15 is 0 Å². The Bertz CT molecular complexity index is 682. The lowest BCUT2D eigenvalue weighted by molar-refractivity contribution is -0.159. The molecule has 0 spiro atoms. The molecule has 1 saturated heterocycles. The lowest BCUT2D eigenvalue weighted by Crippen LogP contribution is -2.49. The smallest absolute Gasteiger partial charge is 0.334 e. The van der Waals surface area contributed by atoms with Gasteiger partial charge in [-0.25, -0.2) is 4.79 Å². The van der Waals surface area contributed by atoms with Crippen LogP contribution in [0.25, 0.3) is 10.9 Å². The summed E-state index contributed by atoms with van der Waals surface area (Å²) >= 11 is 0. The molecule has 7 nitrogen and oxygen atoms in total. The lowest BCUT2D eigenvalue weighted by atomic mass is 10.2. The number of amides is 1. The van der Waals surface area contributed by atoms with Crippen LogP contribution < -0.4 is 0 Å². The van der Waals surface area contributed by atoms with Crippen LogP contribution in [0.3, 0.4) is 0 Å². The van der Waals surface area contributed by atoms with Crippen molar-refractivity contribution in [3.8, 4) is 0 Å². The molecule has 0 aliphatic carbocycles. The number of carbonyl (C=O) groups is 2. The maximum absolute atomic E-state index is 12.3. The largest absolute Gasteiger partial charge is 0.479 e. The van der Waals surface area contributed by atoms with Crippen molar-refractivity contribution in [2.24, 2.45) is 0 Å². The molecule has 1 unspecified atom stereocenters. The number of morpholine rings is 1. The topological polar surface area (TPSA) is 84.7 Å². The molecule has 1 fully saturated rings. The number of fused-ring (bicyclic) bond motifs is 1. The summed E-state index contributed by atoms with van der Waals surface area (Å²) in [5, 5.41) is 14.1. The zero-order valence-electron chi connectivity index (χ0n) is 11.3. The van der Waals surface area contributed by atoms with Crippen LogP contribution in [0, 0.1) is 0 Å². The summed E-state index contributed by atoms with van der Waals surface area (Å²) in [6, 6.07) is 7.63. The first kappa shape index (κ1) is 13.6. The predicted molar refractivity (Wildman–Crippen MR) is 73.7 cm³/mol. The summed E-state index contributed by atoms with van der Waals surface area (Å²) in [7, 11) is 0. The highest BCUT2D eigenvalue weighted by atomic mass is 16.5. The number of rotatable bonds is 3. The van der Waals surface area contributed by atoms with Gasteiger partial charge in [0.15, 0.2) is 6.10 Å². The van der Waals surface area contributed by atoms with E-state index < -0.39 is 12.1 Å². The Labute approximate surface area is 120 Å². The van der Waals surface area contributed by atoms with Crippen molar-refractivity contribution in [2.75, 3.05) is 19.7 Å². The molecule has 1 aromatic carbocycles. The summed E-state index contributed by atoms with van der Waals surface area (Å²) in [4.78, 5) is 24.7. The van der Waals surface area contributed by atoms with Crippen molar-refractivity contribution < 1.29 is 19.4 Å². The fraction of sp³-hybridized carbons (Fsp3) is 0.357. The molecule has 1 aromatic heterocycles. The fourth-order valence-electron chi connectivity index (χ4n) is 2.41. The average Bonchev–Trinajstić information content (AvgIpc) is 2.91. The molecule has 2 aromatic rings. The van der Waals surface area contributed by atoms with E-state index in [9.17, 15) is 9.59 Å². The van der Waals surface area contributed by atoms with E-state index in [0.717, 1.165) is 10.9 Å². The minimum atomic E-state index is -1.04. The molecule has 1 N–H and O–H groups in total. The van der Waals surface area contributed by atoms with Crippen LogP contribution in [-0.4, -0.2) is 57.5 Å². The maximum Gasteiger partial charge on any atom is 0.334 e. The molecule has 1 amide bonds. The minimum Gasteiger partial charge on any atom is -0.479 e. The standard InChI is InChI=1S/C14H15N3O4/c18-13(16-5-6-21-12(8-16)14(19)20)9-17-11-4-2-1-3-10(11)7-15-17/h1-4,7,12H,5-6,8-9H2,(H,19,20). The summed E-state index contributed by atoms with van der Waals surface area (Å²) in [6.07, 6.45) is 0.763. The number of hydrogen-bond acceptors (Lipinski definition) is 4. The molecule has 0 radical (unpaired) electrons. The zero-order valence-corrected chi connectivity index (χ0v) is 11.3. The van der Waals surface area contributed by atoms with E-state index in [1.807, 2.05) is 24.3 Å².